The summed E-state index contributed by atoms with van der Waals surface area (Å²) < 4.78 is 0. The van der Waals surface area contributed by atoms with Gasteiger partial charge in [-0.25, -0.2) is 0 Å². The van der Waals surface area contributed by atoms with E-state index >= 15 is 0 Å². The molecule has 0 bridgehead atoms. The van der Waals surface area contributed by atoms with Crippen LogP contribution in [0.5, 0.6) is 0 Å². The average Bonchev–Trinajstić information content (AvgIpc) is 2.30. The summed E-state index contributed by atoms with van der Waals surface area (Å²) in [6.07, 6.45) is 0.959. The van der Waals surface area contributed by atoms with Crippen molar-refractivity contribution < 1.29 is 9.59 Å². The van der Waals surface area contributed by atoms with Crippen LogP contribution in [0.4, 0.5) is 0 Å². The molecule has 0 spiro atoms. The van der Waals surface area contributed by atoms with Gasteiger partial charge in [-0.1, -0.05) is 51.1 Å². The smallest absolute Gasteiger partial charge is 0.147 e. The highest BCUT2D eigenvalue weighted by molar-refractivity contribution is 6.03. The number of ketones is 2. The standard InChI is InChI=1S/C15H20O2/c1-4-13(15(17)11(2)3)14(16)10-12-8-6-5-7-9-12/h5-9,11,13H,4,10H2,1-3H3. The third-order valence-electron chi connectivity index (χ3n) is 2.93. The third-order valence-corrected chi connectivity index (χ3v) is 2.93. The molecule has 1 aromatic carbocycles. The molecule has 0 amide bonds. The number of carbonyl (C=O) groups is 2. The highest BCUT2D eigenvalue weighted by Gasteiger charge is 2.26. The molecule has 0 saturated heterocycles. The Kier molecular flexibility index (Phi) is 5.08. The molecule has 0 aliphatic rings. The molecule has 1 atom stereocenters. The van der Waals surface area contributed by atoms with Crippen molar-refractivity contribution >= 4 is 11.6 Å². The third kappa shape index (κ3) is 3.81. The van der Waals surface area contributed by atoms with Crippen LogP contribution in [0.2, 0.25) is 0 Å². The molecule has 0 aliphatic heterocycles. The zero-order valence-electron chi connectivity index (χ0n) is 10.8. The topological polar surface area (TPSA) is 34.1 Å². The van der Waals surface area contributed by atoms with E-state index in [2.05, 4.69) is 0 Å². The van der Waals surface area contributed by atoms with Crippen molar-refractivity contribution in [2.24, 2.45) is 11.8 Å². The molecule has 92 valence electrons. The molecule has 2 heteroatoms. The van der Waals surface area contributed by atoms with Crippen molar-refractivity contribution in [2.45, 2.75) is 33.6 Å². The molecule has 0 radical (unpaired) electrons. The molecule has 0 aliphatic carbocycles. The Bertz CT molecular complexity index is 379. The van der Waals surface area contributed by atoms with Gasteiger partial charge >= 0.3 is 0 Å². The van der Waals surface area contributed by atoms with Gasteiger partial charge in [0.1, 0.15) is 11.6 Å². The van der Waals surface area contributed by atoms with Crippen molar-refractivity contribution in [3.05, 3.63) is 35.9 Å². The number of hydrogen-bond acceptors (Lipinski definition) is 2. The van der Waals surface area contributed by atoms with Crippen LogP contribution in [-0.2, 0) is 16.0 Å². The number of carbonyl (C=O) groups excluding carboxylic acids is 2. The van der Waals surface area contributed by atoms with Gasteiger partial charge in [0.15, 0.2) is 0 Å². The fourth-order valence-electron chi connectivity index (χ4n) is 1.91. The van der Waals surface area contributed by atoms with Gasteiger partial charge in [-0.15, -0.1) is 0 Å². The van der Waals surface area contributed by atoms with E-state index in [9.17, 15) is 9.59 Å². The lowest BCUT2D eigenvalue weighted by Gasteiger charge is -2.14. The second-order valence-corrected chi connectivity index (χ2v) is 4.65. The number of rotatable bonds is 6. The molecule has 0 heterocycles. The molecule has 1 unspecified atom stereocenters. The van der Waals surface area contributed by atoms with Crippen LogP contribution in [0.25, 0.3) is 0 Å². The largest absolute Gasteiger partial charge is 0.299 e. The van der Waals surface area contributed by atoms with Crippen LogP contribution in [-0.4, -0.2) is 11.6 Å². The fraction of sp³-hybridized carbons (Fsp3) is 0.467. The normalized spacial score (nSPS) is 12.5. The van der Waals surface area contributed by atoms with Crippen LogP contribution >= 0.6 is 0 Å². The lowest BCUT2D eigenvalue weighted by Crippen LogP contribution is -2.28. The molecule has 0 N–H and O–H groups in total. The van der Waals surface area contributed by atoms with Crippen molar-refractivity contribution in [2.75, 3.05) is 0 Å². The van der Waals surface area contributed by atoms with E-state index < -0.39 is 5.92 Å². The van der Waals surface area contributed by atoms with Gasteiger partial charge in [0.05, 0.1) is 5.92 Å². The molecule has 17 heavy (non-hydrogen) atoms. The Morgan fingerprint density at radius 2 is 1.71 bits per heavy atom. The molecular formula is C15H20O2. The molecule has 2 nitrogen and oxygen atoms in total. The van der Waals surface area contributed by atoms with Crippen molar-refractivity contribution in [3.63, 3.8) is 0 Å². The summed E-state index contributed by atoms with van der Waals surface area (Å²) in [6, 6.07) is 9.58. The van der Waals surface area contributed by atoms with E-state index in [1.807, 2.05) is 51.1 Å². The van der Waals surface area contributed by atoms with E-state index in [4.69, 9.17) is 0 Å². The summed E-state index contributed by atoms with van der Waals surface area (Å²) in [4.78, 5) is 24.0. The first-order valence-corrected chi connectivity index (χ1v) is 6.16. The Balaban J connectivity index is 2.71. The maximum atomic E-state index is 12.1. The molecule has 0 aromatic heterocycles. The molecule has 0 saturated carbocycles. The summed E-state index contributed by atoms with van der Waals surface area (Å²) in [5, 5.41) is 0. The van der Waals surface area contributed by atoms with Gasteiger partial charge in [-0.2, -0.15) is 0 Å². The van der Waals surface area contributed by atoms with Crippen molar-refractivity contribution in [1.82, 2.24) is 0 Å². The summed E-state index contributed by atoms with van der Waals surface area (Å²) in [7, 11) is 0. The van der Waals surface area contributed by atoms with Gasteiger partial charge in [-0.05, 0) is 12.0 Å². The van der Waals surface area contributed by atoms with Crippen molar-refractivity contribution in [3.8, 4) is 0 Å². The molecular weight excluding hydrogens is 212 g/mol. The van der Waals surface area contributed by atoms with Crippen LogP contribution in [0.15, 0.2) is 30.3 Å². The second-order valence-electron chi connectivity index (χ2n) is 4.65. The SMILES string of the molecule is CCC(C(=O)Cc1ccccc1)C(=O)C(C)C. The minimum Gasteiger partial charge on any atom is -0.299 e. The first kappa shape index (κ1) is 13.6. The van der Waals surface area contributed by atoms with E-state index in [0.717, 1.165) is 5.56 Å². The van der Waals surface area contributed by atoms with Crippen LogP contribution in [0, 0.1) is 11.8 Å². The van der Waals surface area contributed by atoms with E-state index in [-0.39, 0.29) is 17.5 Å². The van der Waals surface area contributed by atoms with Gasteiger partial charge in [0.25, 0.3) is 0 Å². The number of Topliss-reactive ketones (excluding diaryl/α,β-unsaturated/α-hetero) is 2. The Hall–Kier alpha value is -1.44. The summed E-state index contributed by atoms with van der Waals surface area (Å²) in [5.41, 5.74) is 0.979. The van der Waals surface area contributed by atoms with Crippen molar-refractivity contribution in [1.29, 1.82) is 0 Å². The minimum atomic E-state index is -0.435. The average molecular weight is 232 g/mol. The Labute approximate surface area is 103 Å². The molecule has 1 rings (SSSR count). The second kappa shape index (κ2) is 6.33. The number of hydrogen-bond donors (Lipinski definition) is 0. The minimum absolute atomic E-state index is 0.0393. The van der Waals surface area contributed by atoms with E-state index in [1.165, 1.54) is 0 Å². The van der Waals surface area contributed by atoms with Gasteiger partial charge in [-0.3, -0.25) is 9.59 Å². The summed E-state index contributed by atoms with van der Waals surface area (Å²) >= 11 is 0. The maximum absolute atomic E-state index is 12.1. The highest BCUT2D eigenvalue weighted by Crippen LogP contribution is 2.15. The molecule has 1 aromatic rings. The predicted octanol–water partition coefficient (Wildman–Crippen LogP) is 3.05. The highest BCUT2D eigenvalue weighted by atomic mass is 16.2. The Morgan fingerprint density at radius 3 is 2.18 bits per heavy atom. The first-order chi connectivity index (χ1) is 8.06. The van der Waals surface area contributed by atoms with E-state index in [1.54, 1.807) is 0 Å². The van der Waals surface area contributed by atoms with Crippen LogP contribution in [0.1, 0.15) is 32.8 Å². The summed E-state index contributed by atoms with van der Waals surface area (Å²) in [6.45, 7) is 5.59. The first-order valence-electron chi connectivity index (χ1n) is 6.16. The predicted molar refractivity (Wildman–Crippen MR) is 68.8 cm³/mol. The molecule has 0 fully saturated rings. The lowest BCUT2D eigenvalue weighted by molar-refractivity contribution is -0.134. The lowest BCUT2D eigenvalue weighted by atomic mass is 9.87. The van der Waals surface area contributed by atoms with Crippen LogP contribution < -0.4 is 0 Å². The zero-order valence-corrected chi connectivity index (χ0v) is 10.8. The Morgan fingerprint density at radius 1 is 1.12 bits per heavy atom. The fourth-order valence-corrected chi connectivity index (χ4v) is 1.91. The van der Waals surface area contributed by atoms with Gasteiger partial charge in [0.2, 0.25) is 0 Å². The van der Waals surface area contributed by atoms with Gasteiger partial charge in [0, 0.05) is 12.3 Å². The van der Waals surface area contributed by atoms with Crippen LogP contribution in [0.3, 0.4) is 0 Å². The van der Waals surface area contributed by atoms with Gasteiger partial charge < -0.3 is 0 Å². The quantitative estimate of drug-likeness (QED) is 0.706. The summed E-state index contributed by atoms with van der Waals surface area (Å²) in [5.74, 6) is -0.402. The zero-order chi connectivity index (χ0) is 12.8. The number of benzene rings is 1. The maximum Gasteiger partial charge on any atom is 0.147 e. The monoisotopic (exact) mass is 232 g/mol. The van der Waals surface area contributed by atoms with E-state index in [0.29, 0.717) is 12.8 Å².